The summed E-state index contributed by atoms with van der Waals surface area (Å²) in [6, 6.07) is 2.17. The van der Waals surface area contributed by atoms with E-state index in [1.165, 1.54) is 4.90 Å². The van der Waals surface area contributed by atoms with Crippen LogP contribution in [-0.4, -0.2) is 40.4 Å². The molecule has 16 heavy (non-hydrogen) atoms. The highest BCUT2D eigenvalue weighted by Gasteiger charge is 2.46. The van der Waals surface area contributed by atoms with Gasteiger partial charge in [0.05, 0.1) is 6.07 Å². The lowest BCUT2D eigenvalue weighted by Gasteiger charge is -2.46. The minimum absolute atomic E-state index is 0.438. The van der Waals surface area contributed by atoms with Crippen molar-refractivity contribution in [1.29, 1.82) is 5.26 Å². The Hall–Kier alpha value is -1.28. The number of carboxylic acid groups (broad SMARTS) is 1. The van der Waals surface area contributed by atoms with Gasteiger partial charge in [-0.15, -0.1) is 0 Å². The average molecular weight is 226 g/mol. The SMILES string of the molecule is CC(C)(C)N(C(=O)O)C1(C#N)CCOCC1. The molecule has 0 spiro atoms. The van der Waals surface area contributed by atoms with Crippen molar-refractivity contribution in [2.45, 2.75) is 44.7 Å². The van der Waals surface area contributed by atoms with Crippen LogP contribution in [0.25, 0.3) is 0 Å². The molecule has 0 aliphatic carbocycles. The van der Waals surface area contributed by atoms with Crippen molar-refractivity contribution < 1.29 is 14.6 Å². The highest BCUT2D eigenvalue weighted by Crippen LogP contribution is 2.33. The molecule has 1 heterocycles. The lowest BCUT2D eigenvalue weighted by atomic mass is 9.86. The fraction of sp³-hybridized carbons (Fsp3) is 0.818. The largest absolute Gasteiger partial charge is 0.465 e. The van der Waals surface area contributed by atoms with Crippen LogP contribution in [0.15, 0.2) is 0 Å². The van der Waals surface area contributed by atoms with E-state index in [0.29, 0.717) is 26.1 Å². The molecule has 5 nitrogen and oxygen atoms in total. The molecule has 1 fully saturated rings. The highest BCUT2D eigenvalue weighted by molar-refractivity contribution is 5.68. The van der Waals surface area contributed by atoms with Crippen LogP contribution >= 0.6 is 0 Å². The number of nitrogens with zero attached hydrogens (tertiary/aromatic N) is 2. The zero-order valence-corrected chi connectivity index (χ0v) is 9.99. The molecular weight excluding hydrogens is 208 g/mol. The Morgan fingerprint density at radius 1 is 1.44 bits per heavy atom. The van der Waals surface area contributed by atoms with Gasteiger partial charge in [0.1, 0.15) is 5.54 Å². The molecule has 0 aromatic heterocycles. The molecule has 0 saturated carbocycles. The maximum Gasteiger partial charge on any atom is 0.409 e. The van der Waals surface area contributed by atoms with Crippen LogP contribution in [0.1, 0.15) is 33.6 Å². The molecule has 0 aromatic rings. The van der Waals surface area contributed by atoms with E-state index in [2.05, 4.69) is 6.07 Å². The first-order valence-electron chi connectivity index (χ1n) is 5.36. The Balaban J connectivity index is 3.08. The molecule has 1 aliphatic heterocycles. The summed E-state index contributed by atoms with van der Waals surface area (Å²) in [7, 11) is 0. The van der Waals surface area contributed by atoms with E-state index in [1.54, 1.807) is 20.8 Å². The second kappa shape index (κ2) is 4.30. The van der Waals surface area contributed by atoms with Crippen LogP contribution in [0.3, 0.4) is 0 Å². The van der Waals surface area contributed by atoms with E-state index in [4.69, 9.17) is 4.74 Å². The summed E-state index contributed by atoms with van der Waals surface area (Å²) in [6.45, 7) is 6.28. The summed E-state index contributed by atoms with van der Waals surface area (Å²) in [6.07, 6.45) is -0.170. The van der Waals surface area contributed by atoms with Crippen molar-refractivity contribution >= 4 is 6.09 Å². The van der Waals surface area contributed by atoms with Crippen molar-refractivity contribution in [3.05, 3.63) is 0 Å². The summed E-state index contributed by atoms with van der Waals surface area (Å²) in [5, 5.41) is 18.6. The Kier molecular flexibility index (Phi) is 3.44. The molecule has 1 aliphatic rings. The molecule has 0 aromatic carbocycles. The summed E-state index contributed by atoms with van der Waals surface area (Å²) in [5.74, 6) is 0. The number of ether oxygens (including phenoxy) is 1. The average Bonchev–Trinajstić information content (AvgIpc) is 2.16. The summed E-state index contributed by atoms with van der Waals surface area (Å²) >= 11 is 0. The second-order valence-corrected chi connectivity index (χ2v) is 5.04. The minimum Gasteiger partial charge on any atom is -0.465 e. The highest BCUT2D eigenvalue weighted by atomic mass is 16.5. The monoisotopic (exact) mass is 226 g/mol. The van der Waals surface area contributed by atoms with Crippen LogP contribution in [0, 0.1) is 11.3 Å². The van der Waals surface area contributed by atoms with Crippen LogP contribution in [0.2, 0.25) is 0 Å². The van der Waals surface area contributed by atoms with Crippen LogP contribution in [0.4, 0.5) is 4.79 Å². The number of nitriles is 1. The number of hydrogen-bond donors (Lipinski definition) is 1. The van der Waals surface area contributed by atoms with Crippen molar-refractivity contribution in [3.8, 4) is 6.07 Å². The maximum absolute atomic E-state index is 11.3. The van der Waals surface area contributed by atoms with Gasteiger partial charge in [-0.1, -0.05) is 0 Å². The van der Waals surface area contributed by atoms with E-state index in [-0.39, 0.29) is 0 Å². The van der Waals surface area contributed by atoms with Gasteiger partial charge in [0.15, 0.2) is 0 Å². The van der Waals surface area contributed by atoms with Gasteiger partial charge in [-0.05, 0) is 20.8 Å². The third kappa shape index (κ3) is 2.27. The van der Waals surface area contributed by atoms with E-state index in [0.717, 1.165) is 0 Å². The molecule has 1 N–H and O–H groups in total. The Morgan fingerprint density at radius 3 is 2.25 bits per heavy atom. The number of carbonyl (C=O) groups is 1. The summed E-state index contributed by atoms with van der Waals surface area (Å²) < 4.78 is 5.20. The van der Waals surface area contributed by atoms with Crippen LogP contribution in [-0.2, 0) is 4.74 Å². The predicted molar refractivity (Wildman–Crippen MR) is 58.0 cm³/mol. The third-order valence-corrected chi connectivity index (χ3v) is 2.82. The van der Waals surface area contributed by atoms with Gasteiger partial charge in [0.25, 0.3) is 0 Å². The molecule has 0 unspecified atom stereocenters. The molecule has 0 radical (unpaired) electrons. The molecule has 0 atom stereocenters. The Morgan fingerprint density at radius 2 is 1.94 bits per heavy atom. The van der Waals surface area contributed by atoms with E-state index >= 15 is 0 Å². The molecule has 90 valence electrons. The van der Waals surface area contributed by atoms with Crippen molar-refractivity contribution in [2.24, 2.45) is 0 Å². The number of hydrogen-bond acceptors (Lipinski definition) is 3. The number of rotatable bonds is 1. The van der Waals surface area contributed by atoms with Gasteiger partial charge >= 0.3 is 6.09 Å². The zero-order chi connectivity index (χ0) is 12.4. The molecule has 0 bridgehead atoms. The lowest BCUT2D eigenvalue weighted by molar-refractivity contribution is -0.0258. The molecule has 1 amide bonds. The normalized spacial score (nSPS) is 19.9. The first kappa shape index (κ1) is 12.8. The molecule has 1 saturated heterocycles. The van der Waals surface area contributed by atoms with Gasteiger partial charge in [-0.2, -0.15) is 5.26 Å². The van der Waals surface area contributed by atoms with E-state index < -0.39 is 17.2 Å². The first-order valence-corrected chi connectivity index (χ1v) is 5.36. The quantitative estimate of drug-likeness (QED) is 0.740. The topological polar surface area (TPSA) is 73.6 Å². The van der Waals surface area contributed by atoms with Crippen LogP contribution < -0.4 is 0 Å². The standard InChI is InChI=1S/C11H18N2O3/c1-10(2,3)13(9(14)15)11(8-12)4-6-16-7-5-11/h4-7H2,1-3H3,(H,14,15). The molecule has 5 heteroatoms. The Labute approximate surface area is 95.6 Å². The first-order chi connectivity index (χ1) is 7.33. The summed E-state index contributed by atoms with van der Waals surface area (Å²) in [5.41, 5.74) is -1.53. The van der Waals surface area contributed by atoms with Crippen molar-refractivity contribution in [2.75, 3.05) is 13.2 Å². The molecular formula is C11H18N2O3. The lowest BCUT2D eigenvalue weighted by Crippen LogP contribution is -2.60. The predicted octanol–water partition coefficient (Wildman–Crippen LogP) is 1.84. The Bertz CT molecular complexity index is 308. The maximum atomic E-state index is 11.3. The van der Waals surface area contributed by atoms with Crippen LogP contribution in [0.5, 0.6) is 0 Å². The smallest absolute Gasteiger partial charge is 0.409 e. The van der Waals surface area contributed by atoms with Crippen molar-refractivity contribution in [3.63, 3.8) is 0 Å². The van der Waals surface area contributed by atoms with Gasteiger partial charge < -0.3 is 9.84 Å². The fourth-order valence-electron chi connectivity index (χ4n) is 2.21. The van der Waals surface area contributed by atoms with E-state index in [9.17, 15) is 15.2 Å². The van der Waals surface area contributed by atoms with Gasteiger partial charge in [0.2, 0.25) is 0 Å². The molecule has 1 rings (SSSR count). The van der Waals surface area contributed by atoms with E-state index in [1.807, 2.05) is 0 Å². The second-order valence-electron chi connectivity index (χ2n) is 5.04. The zero-order valence-electron chi connectivity index (χ0n) is 9.99. The number of amides is 1. The van der Waals surface area contributed by atoms with Gasteiger partial charge in [-0.25, -0.2) is 4.79 Å². The summed E-state index contributed by atoms with van der Waals surface area (Å²) in [4.78, 5) is 12.6. The minimum atomic E-state index is -1.05. The van der Waals surface area contributed by atoms with Gasteiger partial charge in [0, 0.05) is 31.6 Å². The van der Waals surface area contributed by atoms with Crippen molar-refractivity contribution in [1.82, 2.24) is 4.90 Å². The fourth-order valence-corrected chi connectivity index (χ4v) is 2.21. The third-order valence-electron chi connectivity index (χ3n) is 2.82. The van der Waals surface area contributed by atoms with Gasteiger partial charge in [-0.3, -0.25) is 4.90 Å².